The molecule has 3 rings (SSSR count). The number of hydrogen-bond donors (Lipinski definition) is 0. The number of hydrogen-bond acceptors (Lipinski definition) is 4. The van der Waals surface area contributed by atoms with Crippen molar-refractivity contribution in [3.8, 4) is 6.07 Å². The van der Waals surface area contributed by atoms with Gasteiger partial charge in [0.2, 0.25) is 0 Å². The third-order valence-electron chi connectivity index (χ3n) is 3.13. The second kappa shape index (κ2) is 3.82. The fourth-order valence-corrected chi connectivity index (χ4v) is 2.25. The monoisotopic (exact) mass is 228 g/mol. The second-order valence-corrected chi connectivity index (χ2v) is 4.39. The Morgan fingerprint density at radius 2 is 2.41 bits per heavy atom. The van der Waals surface area contributed by atoms with E-state index in [1.54, 1.807) is 12.1 Å². The highest BCUT2D eigenvalue weighted by Gasteiger charge is 2.27. The van der Waals surface area contributed by atoms with Gasteiger partial charge in [0.15, 0.2) is 5.65 Å². The Bertz CT molecular complexity index is 598. The van der Waals surface area contributed by atoms with Gasteiger partial charge in [0.25, 0.3) is 0 Å². The van der Waals surface area contributed by atoms with Gasteiger partial charge in [0, 0.05) is 18.2 Å². The minimum Gasteiger partial charge on any atom is -0.378 e. The van der Waals surface area contributed by atoms with Gasteiger partial charge in [0.1, 0.15) is 5.82 Å². The zero-order valence-electron chi connectivity index (χ0n) is 9.50. The van der Waals surface area contributed by atoms with Crippen molar-refractivity contribution < 1.29 is 4.74 Å². The molecule has 2 aromatic rings. The molecule has 2 aromatic heterocycles. The summed E-state index contributed by atoms with van der Waals surface area (Å²) in [5.74, 6) is 1.22. The Morgan fingerprint density at radius 3 is 3.12 bits per heavy atom. The molecule has 5 nitrogen and oxygen atoms in total. The van der Waals surface area contributed by atoms with Crippen molar-refractivity contribution in [3.05, 3.63) is 29.7 Å². The van der Waals surface area contributed by atoms with Crippen LogP contribution in [0, 0.1) is 11.3 Å². The van der Waals surface area contributed by atoms with Crippen LogP contribution in [0.1, 0.15) is 30.7 Å². The highest BCUT2D eigenvalue weighted by molar-refractivity contribution is 5.45. The van der Waals surface area contributed by atoms with E-state index < -0.39 is 0 Å². The lowest BCUT2D eigenvalue weighted by molar-refractivity contribution is 0.123. The van der Waals surface area contributed by atoms with Crippen molar-refractivity contribution >= 4 is 5.65 Å². The van der Waals surface area contributed by atoms with Crippen LogP contribution in [0.2, 0.25) is 0 Å². The highest BCUT2D eigenvalue weighted by atomic mass is 16.5. The van der Waals surface area contributed by atoms with Gasteiger partial charge >= 0.3 is 0 Å². The fraction of sp³-hybridized carbons (Fsp3) is 0.417. The summed E-state index contributed by atoms with van der Waals surface area (Å²) in [6.45, 7) is 2.76. The van der Waals surface area contributed by atoms with E-state index in [1.165, 1.54) is 0 Å². The summed E-state index contributed by atoms with van der Waals surface area (Å²) in [4.78, 5) is 0. The molecule has 17 heavy (non-hydrogen) atoms. The van der Waals surface area contributed by atoms with Crippen molar-refractivity contribution in [1.82, 2.24) is 14.6 Å². The van der Waals surface area contributed by atoms with Crippen LogP contribution in [0.4, 0.5) is 0 Å². The maximum Gasteiger partial charge on any atom is 0.162 e. The van der Waals surface area contributed by atoms with Crippen molar-refractivity contribution in [2.75, 3.05) is 6.61 Å². The molecule has 86 valence electrons. The number of ether oxygens (including phenoxy) is 1. The molecule has 0 aromatic carbocycles. The molecule has 0 radical (unpaired) electrons. The molecular formula is C12H12N4O. The van der Waals surface area contributed by atoms with Crippen LogP contribution in [0.3, 0.4) is 0 Å². The van der Waals surface area contributed by atoms with Gasteiger partial charge in [-0.2, -0.15) is 5.26 Å². The average Bonchev–Trinajstić information content (AvgIpc) is 2.93. The molecule has 1 aliphatic rings. The molecule has 0 bridgehead atoms. The zero-order valence-corrected chi connectivity index (χ0v) is 9.50. The Labute approximate surface area is 98.6 Å². The molecule has 0 N–H and O–H groups in total. The van der Waals surface area contributed by atoms with Crippen LogP contribution < -0.4 is 0 Å². The fourth-order valence-electron chi connectivity index (χ4n) is 2.25. The lowest BCUT2D eigenvalue weighted by Gasteiger charge is -2.04. The summed E-state index contributed by atoms with van der Waals surface area (Å²) in [6, 6.07) is 5.62. The maximum atomic E-state index is 8.82. The molecule has 1 aliphatic heterocycles. The highest BCUT2D eigenvalue weighted by Crippen LogP contribution is 2.28. The van der Waals surface area contributed by atoms with Gasteiger partial charge in [-0.3, -0.25) is 4.40 Å². The summed E-state index contributed by atoms with van der Waals surface area (Å²) >= 11 is 0. The molecule has 5 heteroatoms. The first-order valence-corrected chi connectivity index (χ1v) is 5.64. The van der Waals surface area contributed by atoms with E-state index in [4.69, 9.17) is 10.00 Å². The molecule has 0 aliphatic carbocycles. The largest absolute Gasteiger partial charge is 0.378 e. The molecule has 2 unspecified atom stereocenters. The Hall–Kier alpha value is -1.93. The standard InChI is InChI=1S/C12H12N4O/c1-8-4-10(7-17-8)12-15-14-11-5-9(6-13)2-3-16(11)12/h2-3,5,8,10H,4,7H2,1H3. The molecule has 0 saturated carbocycles. The van der Waals surface area contributed by atoms with Crippen LogP contribution >= 0.6 is 0 Å². The summed E-state index contributed by atoms with van der Waals surface area (Å²) in [5.41, 5.74) is 1.33. The molecular weight excluding hydrogens is 216 g/mol. The topological polar surface area (TPSA) is 63.2 Å². The summed E-state index contributed by atoms with van der Waals surface area (Å²) in [7, 11) is 0. The molecule has 3 heterocycles. The van der Waals surface area contributed by atoms with Crippen LogP contribution in [-0.4, -0.2) is 27.3 Å². The number of nitrogens with zero attached hydrogens (tertiary/aromatic N) is 4. The zero-order chi connectivity index (χ0) is 11.8. The van der Waals surface area contributed by atoms with E-state index in [9.17, 15) is 0 Å². The smallest absolute Gasteiger partial charge is 0.162 e. The van der Waals surface area contributed by atoms with Gasteiger partial charge in [-0.05, 0) is 19.4 Å². The Morgan fingerprint density at radius 1 is 1.53 bits per heavy atom. The van der Waals surface area contributed by atoms with Gasteiger partial charge in [0.05, 0.1) is 24.3 Å². The summed E-state index contributed by atoms with van der Waals surface area (Å²) in [5, 5.41) is 17.1. The number of nitriles is 1. The minimum absolute atomic E-state index is 0.283. The van der Waals surface area contributed by atoms with E-state index in [0.717, 1.165) is 17.9 Å². The van der Waals surface area contributed by atoms with E-state index in [1.807, 2.05) is 10.6 Å². The molecule has 0 amide bonds. The normalized spacial score (nSPS) is 24.0. The number of fused-ring (bicyclic) bond motifs is 1. The van der Waals surface area contributed by atoms with Gasteiger partial charge in [-0.1, -0.05) is 0 Å². The van der Waals surface area contributed by atoms with Gasteiger partial charge < -0.3 is 4.74 Å². The molecule has 1 saturated heterocycles. The summed E-state index contributed by atoms with van der Waals surface area (Å²) in [6.07, 6.45) is 3.11. The maximum absolute atomic E-state index is 8.82. The van der Waals surface area contributed by atoms with Crippen LogP contribution in [-0.2, 0) is 4.74 Å². The van der Waals surface area contributed by atoms with Crippen LogP contribution in [0.5, 0.6) is 0 Å². The third-order valence-corrected chi connectivity index (χ3v) is 3.13. The minimum atomic E-state index is 0.283. The predicted molar refractivity (Wildman–Crippen MR) is 60.5 cm³/mol. The third kappa shape index (κ3) is 1.67. The Balaban J connectivity index is 2.04. The van der Waals surface area contributed by atoms with Crippen molar-refractivity contribution in [2.45, 2.75) is 25.4 Å². The molecule has 1 fully saturated rings. The molecule has 0 spiro atoms. The lowest BCUT2D eigenvalue weighted by Crippen LogP contribution is -2.04. The average molecular weight is 228 g/mol. The van der Waals surface area contributed by atoms with E-state index in [-0.39, 0.29) is 6.10 Å². The van der Waals surface area contributed by atoms with Gasteiger partial charge in [-0.15, -0.1) is 10.2 Å². The van der Waals surface area contributed by atoms with Crippen LogP contribution in [0.25, 0.3) is 5.65 Å². The number of aromatic nitrogens is 3. The second-order valence-electron chi connectivity index (χ2n) is 4.39. The predicted octanol–water partition coefficient (Wildman–Crippen LogP) is 1.49. The molecule has 2 atom stereocenters. The first kappa shape index (κ1) is 10.2. The quantitative estimate of drug-likeness (QED) is 0.741. The summed E-state index contributed by atoms with van der Waals surface area (Å²) < 4.78 is 7.49. The van der Waals surface area contributed by atoms with Gasteiger partial charge in [-0.25, -0.2) is 0 Å². The number of rotatable bonds is 1. The van der Waals surface area contributed by atoms with Crippen molar-refractivity contribution in [1.29, 1.82) is 5.26 Å². The number of pyridine rings is 1. The van der Waals surface area contributed by atoms with E-state index in [0.29, 0.717) is 18.1 Å². The Kier molecular flexibility index (Phi) is 2.30. The lowest BCUT2D eigenvalue weighted by atomic mass is 10.1. The van der Waals surface area contributed by atoms with Crippen molar-refractivity contribution in [2.24, 2.45) is 0 Å². The van der Waals surface area contributed by atoms with Crippen LogP contribution in [0.15, 0.2) is 18.3 Å². The SMILES string of the molecule is CC1CC(c2nnc3cc(C#N)ccn23)CO1. The van der Waals surface area contributed by atoms with E-state index >= 15 is 0 Å². The first-order valence-electron chi connectivity index (χ1n) is 5.64. The van der Waals surface area contributed by atoms with Crippen molar-refractivity contribution in [3.63, 3.8) is 0 Å². The first-order chi connectivity index (χ1) is 8.28. The van der Waals surface area contributed by atoms with E-state index in [2.05, 4.69) is 23.2 Å².